The van der Waals surface area contributed by atoms with E-state index in [1.54, 1.807) is 18.2 Å². The van der Waals surface area contributed by atoms with Crippen LogP contribution in [-0.2, 0) is 0 Å². The van der Waals surface area contributed by atoms with Gasteiger partial charge in [-0.15, -0.1) is 0 Å². The first-order valence-corrected chi connectivity index (χ1v) is 4.10. The molecule has 0 aliphatic carbocycles. The van der Waals surface area contributed by atoms with Crippen LogP contribution in [0.25, 0.3) is 9.69 Å². The molecule has 0 aliphatic heterocycles. The summed E-state index contributed by atoms with van der Waals surface area (Å²) in [5.74, 6) is 0. The number of nitrogens with zero attached hydrogens (tertiary/aromatic N) is 5. The summed E-state index contributed by atoms with van der Waals surface area (Å²) in [7, 11) is 5.54. The lowest BCUT2D eigenvalue weighted by molar-refractivity contribution is 1.41. The molecule has 17 heavy (non-hydrogen) atoms. The second-order valence-corrected chi connectivity index (χ2v) is 2.79. The molecular formula is C11BN5. The van der Waals surface area contributed by atoms with Gasteiger partial charge in [0, 0.05) is 0 Å². The van der Waals surface area contributed by atoms with Crippen LogP contribution in [0.1, 0.15) is 16.7 Å². The van der Waals surface area contributed by atoms with Crippen molar-refractivity contribution < 1.29 is 0 Å². The molecule has 0 heterocycles. The van der Waals surface area contributed by atoms with Gasteiger partial charge < -0.3 is 0 Å². The zero-order valence-electron chi connectivity index (χ0n) is 8.31. The van der Waals surface area contributed by atoms with Crippen molar-refractivity contribution in [1.82, 2.24) is 0 Å². The molecule has 0 fully saturated rings. The van der Waals surface area contributed by atoms with Gasteiger partial charge in [0.1, 0.15) is 0 Å². The molecule has 1 aromatic carbocycles. The van der Waals surface area contributed by atoms with E-state index in [4.69, 9.17) is 36.8 Å². The maximum Gasteiger partial charge on any atom is 0.189 e. The second kappa shape index (κ2) is 4.50. The molecule has 0 atom stereocenters. The third-order valence-electron chi connectivity index (χ3n) is 2.04. The molecule has 1 rings (SSSR count). The van der Waals surface area contributed by atoms with E-state index < -0.39 is 0 Å². The summed E-state index contributed by atoms with van der Waals surface area (Å²) in [5, 5.41) is 26.7. The van der Waals surface area contributed by atoms with E-state index in [-0.39, 0.29) is 33.5 Å². The van der Waals surface area contributed by atoms with Crippen LogP contribution in [0.5, 0.6) is 0 Å². The van der Waals surface area contributed by atoms with E-state index in [1.165, 1.54) is 0 Å². The molecule has 72 valence electrons. The summed E-state index contributed by atoms with van der Waals surface area (Å²) in [4.78, 5) is 6.06. The van der Waals surface area contributed by atoms with Gasteiger partial charge in [-0.3, -0.25) is 0 Å². The minimum Gasteiger partial charge on any atom is -0.239 e. The van der Waals surface area contributed by atoms with Crippen LogP contribution >= 0.6 is 0 Å². The van der Waals surface area contributed by atoms with Crippen LogP contribution in [0, 0.1) is 47.1 Å². The summed E-state index contributed by atoms with van der Waals surface area (Å²) in [6, 6.07) is 4.98. The second-order valence-electron chi connectivity index (χ2n) is 2.79. The van der Waals surface area contributed by atoms with Gasteiger partial charge >= 0.3 is 0 Å². The Balaban J connectivity index is 4.10. The molecule has 0 aliphatic rings. The minimum absolute atomic E-state index is 0.234. The predicted molar refractivity (Wildman–Crippen MR) is 58.5 cm³/mol. The topological polar surface area (TPSA) is 80.1 Å². The average Bonchev–Trinajstić information content (AvgIpc) is 2.36. The summed E-state index contributed by atoms with van der Waals surface area (Å²) < 4.78 is 0. The van der Waals surface area contributed by atoms with Crippen molar-refractivity contribution in [3.8, 4) is 18.2 Å². The third-order valence-corrected chi connectivity index (χ3v) is 2.04. The van der Waals surface area contributed by atoms with Crippen LogP contribution in [0.2, 0.25) is 0 Å². The van der Waals surface area contributed by atoms with Gasteiger partial charge in [-0.05, 0) is 0 Å². The highest BCUT2D eigenvalue weighted by atomic mass is 14.7. The largest absolute Gasteiger partial charge is 0.239 e. The SMILES string of the molecule is [B]c1c([N+]#[C-])c(C#N)c(C#N)c(C#N)c1[N+]#[C-]. The monoisotopic (exact) mass is 213 g/mol. The standard InChI is InChI=1S/C11BN5/c1-16-10-7(4-14)6(3-13)8(5-15)11(17-2)9(10)12. The molecule has 0 saturated carbocycles. The van der Waals surface area contributed by atoms with Gasteiger partial charge in [-0.1, -0.05) is 5.46 Å². The van der Waals surface area contributed by atoms with Gasteiger partial charge in [-0.2, -0.15) is 15.8 Å². The van der Waals surface area contributed by atoms with Gasteiger partial charge in [-0.25, -0.2) is 9.69 Å². The Bertz CT molecular complexity index is 660. The van der Waals surface area contributed by atoms with Crippen molar-refractivity contribution in [1.29, 1.82) is 15.8 Å². The molecule has 2 radical (unpaired) electrons. The molecule has 6 heteroatoms. The Morgan fingerprint density at radius 1 is 0.824 bits per heavy atom. The van der Waals surface area contributed by atoms with Crippen LogP contribution in [-0.4, -0.2) is 7.85 Å². The fourth-order valence-electron chi connectivity index (χ4n) is 1.31. The first-order valence-electron chi connectivity index (χ1n) is 4.10. The summed E-state index contributed by atoms with van der Waals surface area (Å²) in [6.07, 6.45) is 0. The average molecular weight is 213 g/mol. The number of benzene rings is 1. The number of nitriles is 3. The fraction of sp³-hybridized carbons (Fsp3) is 0. The van der Waals surface area contributed by atoms with E-state index >= 15 is 0 Å². The predicted octanol–water partition coefficient (Wildman–Crippen LogP) is 1.20. The molecule has 5 nitrogen and oxygen atoms in total. The molecule has 0 spiro atoms. The lowest BCUT2D eigenvalue weighted by Crippen LogP contribution is -2.09. The Labute approximate surface area is 98.8 Å². The van der Waals surface area contributed by atoms with Crippen LogP contribution < -0.4 is 5.46 Å². The Kier molecular flexibility index (Phi) is 3.13. The zero-order chi connectivity index (χ0) is 13.0. The number of rotatable bonds is 0. The molecule has 0 bridgehead atoms. The third kappa shape index (κ3) is 1.55. The molecule has 1 aromatic rings. The van der Waals surface area contributed by atoms with Crippen LogP contribution in [0.3, 0.4) is 0 Å². The van der Waals surface area contributed by atoms with E-state index in [2.05, 4.69) is 9.69 Å². The molecule has 0 amide bonds. The highest BCUT2D eigenvalue weighted by Crippen LogP contribution is 2.30. The summed E-state index contributed by atoms with van der Waals surface area (Å²) in [5.41, 5.74) is -1.54. The molecule has 0 aromatic heterocycles. The van der Waals surface area contributed by atoms with Gasteiger partial charge in [0.2, 0.25) is 0 Å². The highest BCUT2D eigenvalue weighted by molar-refractivity contribution is 6.40. The van der Waals surface area contributed by atoms with Crippen molar-refractivity contribution >= 4 is 24.7 Å². The highest BCUT2D eigenvalue weighted by Gasteiger charge is 2.21. The first-order chi connectivity index (χ1) is 8.15. The van der Waals surface area contributed by atoms with Gasteiger partial charge in [0.25, 0.3) is 0 Å². The summed E-state index contributed by atoms with van der Waals surface area (Å²) >= 11 is 0. The van der Waals surface area contributed by atoms with Crippen molar-refractivity contribution in [3.05, 3.63) is 39.5 Å². The Morgan fingerprint density at radius 3 is 1.41 bits per heavy atom. The molecule has 0 saturated heterocycles. The zero-order valence-corrected chi connectivity index (χ0v) is 8.31. The fourth-order valence-corrected chi connectivity index (χ4v) is 1.31. The maximum atomic E-state index is 8.89. The summed E-state index contributed by atoms with van der Waals surface area (Å²) in [6.45, 7) is 13.8. The van der Waals surface area contributed by atoms with Crippen LogP contribution in [0.15, 0.2) is 0 Å². The first kappa shape index (κ1) is 11.8. The van der Waals surface area contributed by atoms with E-state index in [0.29, 0.717) is 0 Å². The van der Waals surface area contributed by atoms with Crippen molar-refractivity contribution in [2.24, 2.45) is 0 Å². The molecule has 0 N–H and O–H groups in total. The van der Waals surface area contributed by atoms with E-state index in [9.17, 15) is 0 Å². The van der Waals surface area contributed by atoms with Crippen molar-refractivity contribution in [3.63, 3.8) is 0 Å². The van der Waals surface area contributed by atoms with Crippen LogP contribution in [0.4, 0.5) is 11.4 Å². The molecular weight excluding hydrogens is 213 g/mol. The van der Waals surface area contributed by atoms with Crippen molar-refractivity contribution in [2.75, 3.05) is 0 Å². The van der Waals surface area contributed by atoms with E-state index in [0.717, 1.165) is 0 Å². The molecule has 0 unspecified atom stereocenters. The van der Waals surface area contributed by atoms with Crippen molar-refractivity contribution in [2.45, 2.75) is 0 Å². The lowest BCUT2D eigenvalue weighted by Gasteiger charge is -2.07. The quantitative estimate of drug-likeness (QED) is 0.479. The smallest absolute Gasteiger partial charge is 0.189 e. The minimum atomic E-state index is -0.277. The maximum absolute atomic E-state index is 8.89. The number of hydrogen-bond acceptors (Lipinski definition) is 3. The lowest BCUT2D eigenvalue weighted by atomic mass is 9.85. The Hall–Kier alpha value is -3.27. The van der Waals surface area contributed by atoms with E-state index in [1.807, 2.05) is 0 Å². The Morgan fingerprint density at radius 2 is 1.18 bits per heavy atom. The van der Waals surface area contributed by atoms with Gasteiger partial charge in [0.05, 0.1) is 55.9 Å². The van der Waals surface area contributed by atoms with Gasteiger partial charge in [0.15, 0.2) is 11.4 Å². The normalized spacial score (nSPS) is 7.94. The number of hydrogen-bond donors (Lipinski definition) is 0.